The molecular weight excluding hydrogens is 434 g/mol. The first-order chi connectivity index (χ1) is 16.2. The second-order valence-electron chi connectivity index (χ2n) is 7.70. The highest BCUT2D eigenvalue weighted by Gasteiger charge is 2.24. The van der Waals surface area contributed by atoms with Crippen molar-refractivity contribution in [3.05, 3.63) is 101 Å². The Bertz CT molecular complexity index is 1180. The zero-order chi connectivity index (χ0) is 23.0. The molecule has 6 heteroatoms. The summed E-state index contributed by atoms with van der Waals surface area (Å²) in [5, 5.41) is 10.4. The number of nitrogens with zero attached hydrogens (tertiary/aromatic N) is 3. The Labute approximate surface area is 199 Å². The van der Waals surface area contributed by atoms with E-state index in [-0.39, 0.29) is 11.5 Å². The molecule has 0 saturated carbocycles. The van der Waals surface area contributed by atoms with Crippen molar-refractivity contribution in [1.29, 1.82) is 5.26 Å². The molecule has 4 rings (SSSR count). The average molecular weight is 458 g/mol. The number of hydrogen-bond donors (Lipinski definition) is 0. The van der Waals surface area contributed by atoms with Gasteiger partial charge in [0.05, 0.1) is 0 Å². The average Bonchev–Trinajstić information content (AvgIpc) is 2.87. The number of halogens is 1. The molecule has 0 spiro atoms. The van der Waals surface area contributed by atoms with E-state index in [0.29, 0.717) is 36.0 Å². The Balaban J connectivity index is 1.45. The molecule has 33 heavy (non-hydrogen) atoms. The number of rotatable bonds is 6. The number of benzene rings is 3. The molecular formula is C27H24ClN3O2. The van der Waals surface area contributed by atoms with Crippen LogP contribution in [0.25, 0.3) is 6.08 Å². The van der Waals surface area contributed by atoms with Gasteiger partial charge in [0.15, 0.2) is 0 Å². The van der Waals surface area contributed by atoms with Crippen LogP contribution in [0.3, 0.4) is 0 Å². The summed E-state index contributed by atoms with van der Waals surface area (Å²) >= 11 is 6.23. The van der Waals surface area contributed by atoms with Crippen LogP contribution >= 0.6 is 11.6 Å². The second kappa shape index (κ2) is 10.7. The van der Waals surface area contributed by atoms with E-state index in [0.717, 1.165) is 24.3 Å². The van der Waals surface area contributed by atoms with Crippen LogP contribution in [-0.4, -0.2) is 37.0 Å². The summed E-state index contributed by atoms with van der Waals surface area (Å²) in [6, 6.07) is 27.1. The summed E-state index contributed by atoms with van der Waals surface area (Å²) < 4.78 is 5.97. The van der Waals surface area contributed by atoms with Gasteiger partial charge in [0, 0.05) is 48.0 Å². The number of amides is 1. The van der Waals surface area contributed by atoms with Crippen molar-refractivity contribution in [2.45, 2.75) is 6.61 Å². The number of anilines is 1. The molecule has 1 fully saturated rings. The van der Waals surface area contributed by atoms with Crippen LogP contribution in [0.1, 0.15) is 11.1 Å². The van der Waals surface area contributed by atoms with Crippen molar-refractivity contribution < 1.29 is 9.53 Å². The van der Waals surface area contributed by atoms with Gasteiger partial charge in [-0.15, -0.1) is 0 Å². The number of nitriles is 1. The van der Waals surface area contributed by atoms with E-state index in [9.17, 15) is 10.1 Å². The normalized spacial score (nSPS) is 14.0. The fraction of sp³-hybridized carbons (Fsp3) is 0.185. The van der Waals surface area contributed by atoms with Crippen LogP contribution in [-0.2, 0) is 11.4 Å². The van der Waals surface area contributed by atoms with Gasteiger partial charge in [0.2, 0.25) is 0 Å². The molecule has 0 unspecified atom stereocenters. The minimum atomic E-state index is -0.258. The Morgan fingerprint density at radius 1 is 0.939 bits per heavy atom. The van der Waals surface area contributed by atoms with Crippen molar-refractivity contribution >= 4 is 29.3 Å². The van der Waals surface area contributed by atoms with Crippen LogP contribution in [0.2, 0.25) is 5.02 Å². The van der Waals surface area contributed by atoms with Gasteiger partial charge in [-0.1, -0.05) is 66.2 Å². The lowest BCUT2D eigenvalue weighted by atomic mass is 10.1. The van der Waals surface area contributed by atoms with Gasteiger partial charge < -0.3 is 14.5 Å². The zero-order valence-corrected chi connectivity index (χ0v) is 18.9. The van der Waals surface area contributed by atoms with Crippen molar-refractivity contribution in [2.24, 2.45) is 0 Å². The standard InChI is InChI=1S/C27H24ClN3O2/c28-25-12-6-4-9-22(25)20-33-26-13-7-5-8-21(26)18-23(19-29)27(32)31-16-14-30(15-17-31)24-10-2-1-3-11-24/h1-13,18H,14-17,20H2/b23-18-. The van der Waals surface area contributed by atoms with Crippen LogP contribution < -0.4 is 9.64 Å². The predicted octanol–water partition coefficient (Wildman–Crippen LogP) is 5.17. The summed E-state index contributed by atoms with van der Waals surface area (Å²) in [5.41, 5.74) is 2.78. The van der Waals surface area contributed by atoms with Crippen LogP contribution in [0.15, 0.2) is 84.4 Å². The maximum absolute atomic E-state index is 13.1. The summed E-state index contributed by atoms with van der Waals surface area (Å²) in [4.78, 5) is 17.1. The smallest absolute Gasteiger partial charge is 0.264 e. The van der Waals surface area contributed by atoms with Crippen molar-refractivity contribution in [3.63, 3.8) is 0 Å². The lowest BCUT2D eigenvalue weighted by Gasteiger charge is -2.36. The molecule has 1 aliphatic rings. The second-order valence-corrected chi connectivity index (χ2v) is 8.11. The Morgan fingerprint density at radius 3 is 2.33 bits per heavy atom. The molecule has 0 atom stereocenters. The van der Waals surface area contributed by atoms with E-state index in [1.54, 1.807) is 11.0 Å². The first-order valence-electron chi connectivity index (χ1n) is 10.8. The number of hydrogen-bond acceptors (Lipinski definition) is 4. The van der Waals surface area contributed by atoms with E-state index in [1.807, 2.05) is 66.7 Å². The highest BCUT2D eigenvalue weighted by molar-refractivity contribution is 6.31. The van der Waals surface area contributed by atoms with Crippen molar-refractivity contribution in [3.8, 4) is 11.8 Å². The molecule has 0 aromatic heterocycles. The largest absolute Gasteiger partial charge is 0.488 e. The first kappa shape index (κ1) is 22.4. The van der Waals surface area contributed by atoms with Crippen LogP contribution in [0.4, 0.5) is 5.69 Å². The van der Waals surface area contributed by atoms with Crippen molar-refractivity contribution in [2.75, 3.05) is 31.1 Å². The van der Waals surface area contributed by atoms with E-state index < -0.39 is 0 Å². The predicted molar refractivity (Wildman–Crippen MR) is 131 cm³/mol. The van der Waals surface area contributed by atoms with Crippen LogP contribution in [0, 0.1) is 11.3 Å². The summed E-state index contributed by atoms with van der Waals surface area (Å²) in [7, 11) is 0. The minimum Gasteiger partial charge on any atom is -0.488 e. The molecule has 1 saturated heterocycles. The van der Waals surface area contributed by atoms with Gasteiger partial charge in [-0.25, -0.2) is 0 Å². The Kier molecular flexibility index (Phi) is 7.29. The van der Waals surface area contributed by atoms with E-state index in [2.05, 4.69) is 23.1 Å². The van der Waals surface area contributed by atoms with Gasteiger partial charge >= 0.3 is 0 Å². The zero-order valence-electron chi connectivity index (χ0n) is 18.2. The number of carbonyl (C=O) groups is 1. The molecule has 5 nitrogen and oxygen atoms in total. The molecule has 1 aliphatic heterocycles. The summed E-state index contributed by atoms with van der Waals surface area (Å²) in [5.74, 6) is 0.331. The summed E-state index contributed by atoms with van der Waals surface area (Å²) in [6.45, 7) is 2.88. The lowest BCUT2D eigenvalue weighted by Crippen LogP contribution is -2.49. The van der Waals surface area contributed by atoms with E-state index >= 15 is 0 Å². The quantitative estimate of drug-likeness (QED) is 0.378. The number of piperazine rings is 1. The van der Waals surface area contributed by atoms with Gasteiger partial charge in [0.1, 0.15) is 24.0 Å². The maximum atomic E-state index is 13.1. The molecule has 0 radical (unpaired) electrons. The molecule has 1 heterocycles. The van der Waals surface area contributed by atoms with Crippen LogP contribution in [0.5, 0.6) is 5.75 Å². The number of ether oxygens (including phenoxy) is 1. The van der Waals surface area contributed by atoms with Crippen molar-refractivity contribution in [1.82, 2.24) is 4.90 Å². The molecule has 166 valence electrons. The van der Waals surface area contributed by atoms with Gasteiger partial charge in [-0.2, -0.15) is 5.26 Å². The maximum Gasteiger partial charge on any atom is 0.264 e. The fourth-order valence-corrected chi connectivity index (χ4v) is 3.97. The Morgan fingerprint density at radius 2 is 1.61 bits per heavy atom. The first-order valence-corrected chi connectivity index (χ1v) is 11.2. The molecule has 0 N–H and O–H groups in total. The fourth-order valence-electron chi connectivity index (χ4n) is 3.78. The molecule has 3 aromatic rings. The highest BCUT2D eigenvalue weighted by atomic mass is 35.5. The third-order valence-corrected chi connectivity index (χ3v) is 5.97. The third kappa shape index (κ3) is 5.54. The number of carbonyl (C=O) groups excluding carboxylic acids is 1. The minimum absolute atomic E-state index is 0.0944. The SMILES string of the molecule is N#C/C(=C/c1ccccc1OCc1ccccc1Cl)C(=O)N1CCN(c2ccccc2)CC1. The molecule has 0 bridgehead atoms. The van der Waals surface area contributed by atoms with E-state index in [4.69, 9.17) is 16.3 Å². The third-order valence-electron chi connectivity index (χ3n) is 5.60. The van der Waals surface area contributed by atoms with Gasteiger partial charge in [-0.05, 0) is 30.3 Å². The monoisotopic (exact) mass is 457 g/mol. The summed E-state index contributed by atoms with van der Waals surface area (Å²) in [6.07, 6.45) is 1.60. The Hall–Kier alpha value is -3.75. The topological polar surface area (TPSA) is 56.6 Å². The highest BCUT2D eigenvalue weighted by Crippen LogP contribution is 2.25. The van der Waals surface area contributed by atoms with E-state index in [1.165, 1.54) is 0 Å². The number of para-hydroxylation sites is 2. The van der Waals surface area contributed by atoms with Gasteiger partial charge in [0.25, 0.3) is 5.91 Å². The molecule has 0 aliphatic carbocycles. The molecule has 1 amide bonds. The molecule has 3 aromatic carbocycles. The van der Waals surface area contributed by atoms with Gasteiger partial charge in [-0.3, -0.25) is 4.79 Å². The lowest BCUT2D eigenvalue weighted by molar-refractivity contribution is -0.126.